The average Bonchev–Trinajstić information content (AvgIpc) is 3.33. The molecule has 1 amide bonds. The van der Waals surface area contributed by atoms with Gasteiger partial charge in [-0.1, -0.05) is 36.1 Å². The van der Waals surface area contributed by atoms with Gasteiger partial charge < -0.3 is 4.42 Å². The van der Waals surface area contributed by atoms with Crippen LogP contribution in [0.1, 0.15) is 12.2 Å². The molecular formula is C18H16N2O6S4. The minimum Gasteiger partial charge on any atom is -0.457 e. The Hall–Kier alpha value is -1.99. The molecule has 2 aromatic rings. The molecule has 0 spiro atoms. The first-order chi connectivity index (χ1) is 14.0. The molecule has 1 aromatic heterocycles. The fraction of sp³-hybridized carbons (Fsp3) is 0.222. The van der Waals surface area contributed by atoms with Crippen LogP contribution in [0.5, 0.6) is 0 Å². The first-order valence-electron chi connectivity index (χ1n) is 8.74. The van der Waals surface area contributed by atoms with Gasteiger partial charge in [0.25, 0.3) is 5.91 Å². The molecule has 1 aromatic carbocycles. The quantitative estimate of drug-likeness (QED) is 0.515. The zero-order valence-electron chi connectivity index (χ0n) is 15.3. The molecule has 2 saturated heterocycles. The van der Waals surface area contributed by atoms with E-state index in [0.717, 1.165) is 11.8 Å². The van der Waals surface area contributed by atoms with E-state index >= 15 is 0 Å². The van der Waals surface area contributed by atoms with Crippen molar-refractivity contribution < 1.29 is 26.0 Å². The largest absolute Gasteiger partial charge is 0.457 e. The highest BCUT2D eigenvalue weighted by Crippen LogP contribution is 2.37. The number of amides is 1. The van der Waals surface area contributed by atoms with E-state index in [1.807, 2.05) is 0 Å². The lowest BCUT2D eigenvalue weighted by Gasteiger charge is -2.20. The Kier molecular flexibility index (Phi) is 5.39. The third kappa shape index (κ3) is 4.23. The number of benzene rings is 1. The van der Waals surface area contributed by atoms with Crippen LogP contribution in [0.4, 0.5) is 0 Å². The molecule has 30 heavy (non-hydrogen) atoms. The van der Waals surface area contributed by atoms with Crippen molar-refractivity contribution in [1.29, 1.82) is 0 Å². The molecule has 2 aliphatic heterocycles. The third-order valence-corrected chi connectivity index (χ3v) is 8.74. The Morgan fingerprint density at radius 2 is 2.03 bits per heavy atom. The van der Waals surface area contributed by atoms with E-state index in [-0.39, 0.29) is 22.3 Å². The zero-order valence-corrected chi connectivity index (χ0v) is 18.6. The van der Waals surface area contributed by atoms with Crippen molar-refractivity contribution >= 4 is 60.1 Å². The van der Waals surface area contributed by atoms with E-state index in [4.69, 9.17) is 21.8 Å². The molecule has 8 nitrogen and oxygen atoms in total. The summed E-state index contributed by atoms with van der Waals surface area (Å²) in [7, 11) is -7.00. The molecule has 4 rings (SSSR count). The first-order valence-corrected chi connectivity index (χ1v) is 13.3. The van der Waals surface area contributed by atoms with Gasteiger partial charge >= 0.3 is 0 Å². The van der Waals surface area contributed by atoms with Crippen molar-refractivity contribution in [2.45, 2.75) is 17.4 Å². The Bertz CT molecular complexity index is 1290. The van der Waals surface area contributed by atoms with Crippen molar-refractivity contribution in [2.24, 2.45) is 5.14 Å². The van der Waals surface area contributed by atoms with Crippen LogP contribution in [0, 0.1) is 0 Å². The number of rotatable bonds is 4. The average molecular weight is 485 g/mol. The molecule has 0 radical (unpaired) electrons. The second kappa shape index (κ2) is 7.61. The molecule has 12 heteroatoms. The van der Waals surface area contributed by atoms with E-state index in [9.17, 15) is 21.6 Å². The minimum absolute atomic E-state index is 0.0367. The fourth-order valence-electron chi connectivity index (χ4n) is 3.31. The van der Waals surface area contributed by atoms with Gasteiger partial charge in [0, 0.05) is 11.6 Å². The summed E-state index contributed by atoms with van der Waals surface area (Å²) >= 11 is 6.38. The summed E-state index contributed by atoms with van der Waals surface area (Å²) in [6.45, 7) is 0. The SMILES string of the molecule is NS(=O)(=O)c1cccc(-c2ccc(/C=C3/SC(=S)N(C4CCS(=O)(=O)C4)C3=O)o2)c1. The fourth-order valence-corrected chi connectivity index (χ4v) is 6.95. The number of furan rings is 1. The smallest absolute Gasteiger partial charge is 0.266 e. The number of sulfone groups is 1. The number of hydrogen-bond acceptors (Lipinski definition) is 8. The number of carbonyl (C=O) groups is 1. The molecule has 2 fully saturated rings. The maximum absolute atomic E-state index is 12.8. The summed E-state index contributed by atoms with van der Waals surface area (Å²) in [6.07, 6.45) is 1.91. The highest BCUT2D eigenvalue weighted by atomic mass is 32.2. The van der Waals surface area contributed by atoms with Crippen LogP contribution in [-0.4, -0.2) is 49.5 Å². The molecule has 0 saturated carbocycles. The maximum atomic E-state index is 12.8. The lowest BCUT2D eigenvalue weighted by molar-refractivity contribution is -0.123. The Morgan fingerprint density at radius 1 is 1.27 bits per heavy atom. The summed E-state index contributed by atoms with van der Waals surface area (Å²) in [5.74, 6) is 0.404. The van der Waals surface area contributed by atoms with Crippen molar-refractivity contribution in [2.75, 3.05) is 11.5 Å². The highest BCUT2D eigenvalue weighted by molar-refractivity contribution is 8.26. The van der Waals surface area contributed by atoms with Gasteiger partial charge in [-0.05, 0) is 30.7 Å². The second-order valence-electron chi connectivity index (χ2n) is 6.88. The molecule has 2 aliphatic rings. The van der Waals surface area contributed by atoms with Crippen LogP contribution in [0.3, 0.4) is 0 Å². The van der Waals surface area contributed by atoms with Gasteiger partial charge in [0.05, 0.1) is 27.3 Å². The van der Waals surface area contributed by atoms with E-state index in [0.29, 0.717) is 32.7 Å². The number of hydrogen-bond donors (Lipinski definition) is 1. The number of sulfonamides is 1. The number of primary sulfonamides is 1. The topological polar surface area (TPSA) is 128 Å². The van der Waals surface area contributed by atoms with E-state index in [1.165, 1.54) is 23.1 Å². The van der Waals surface area contributed by atoms with Crippen LogP contribution in [0.2, 0.25) is 0 Å². The summed E-state index contributed by atoms with van der Waals surface area (Å²) in [5, 5.41) is 5.16. The summed E-state index contributed by atoms with van der Waals surface area (Å²) in [6, 6.07) is 8.87. The zero-order chi connectivity index (χ0) is 21.7. The molecular weight excluding hydrogens is 468 g/mol. The molecule has 158 valence electrons. The molecule has 0 bridgehead atoms. The van der Waals surface area contributed by atoms with Crippen molar-refractivity contribution in [3.8, 4) is 11.3 Å². The van der Waals surface area contributed by atoms with Crippen molar-refractivity contribution in [3.05, 3.63) is 47.1 Å². The molecule has 2 N–H and O–H groups in total. The van der Waals surface area contributed by atoms with Crippen LogP contribution < -0.4 is 5.14 Å². The monoisotopic (exact) mass is 484 g/mol. The van der Waals surface area contributed by atoms with Gasteiger partial charge in [-0.15, -0.1) is 0 Å². The van der Waals surface area contributed by atoms with Gasteiger partial charge in [0.2, 0.25) is 10.0 Å². The van der Waals surface area contributed by atoms with Gasteiger partial charge in [0.15, 0.2) is 9.84 Å². The number of nitrogens with two attached hydrogens (primary N) is 1. The van der Waals surface area contributed by atoms with Crippen LogP contribution in [0.25, 0.3) is 17.4 Å². The van der Waals surface area contributed by atoms with Crippen LogP contribution in [0.15, 0.2) is 50.6 Å². The van der Waals surface area contributed by atoms with Crippen LogP contribution >= 0.6 is 24.0 Å². The number of thioether (sulfide) groups is 1. The normalized spacial score (nSPS) is 22.9. The maximum Gasteiger partial charge on any atom is 0.266 e. The minimum atomic E-state index is -3.85. The molecule has 0 aliphatic carbocycles. The summed E-state index contributed by atoms with van der Waals surface area (Å²) in [4.78, 5) is 14.5. The highest BCUT2D eigenvalue weighted by Gasteiger charge is 2.42. The Morgan fingerprint density at radius 3 is 2.70 bits per heavy atom. The summed E-state index contributed by atoms with van der Waals surface area (Å²) in [5.41, 5.74) is 0.518. The standard InChI is InChI=1S/C18H16N2O6S4/c19-30(24,25)14-3-1-2-11(8-14)15-5-4-13(26-15)9-16-17(21)20(18(27)28-16)12-6-7-29(22,23)10-12/h1-5,8-9,12H,6-7,10H2,(H2,19,24,25)/b16-9+. The van der Waals surface area contributed by atoms with Gasteiger partial charge in [-0.3, -0.25) is 9.69 Å². The third-order valence-electron chi connectivity index (χ3n) is 4.74. The summed E-state index contributed by atoms with van der Waals surface area (Å²) < 4.78 is 52.6. The van der Waals surface area contributed by atoms with E-state index < -0.39 is 25.9 Å². The second-order valence-corrected chi connectivity index (χ2v) is 12.3. The van der Waals surface area contributed by atoms with Crippen molar-refractivity contribution in [1.82, 2.24) is 4.90 Å². The molecule has 3 heterocycles. The van der Waals surface area contributed by atoms with Crippen LogP contribution in [-0.2, 0) is 24.7 Å². The lowest BCUT2D eigenvalue weighted by atomic mass is 10.2. The predicted octanol–water partition coefficient (Wildman–Crippen LogP) is 1.98. The predicted molar refractivity (Wildman–Crippen MR) is 118 cm³/mol. The van der Waals surface area contributed by atoms with Crippen molar-refractivity contribution in [3.63, 3.8) is 0 Å². The number of thiocarbonyl (C=S) groups is 1. The lowest BCUT2D eigenvalue weighted by Crippen LogP contribution is -2.39. The van der Waals surface area contributed by atoms with E-state index in [1.54, 1.807) is 24.3 Å². The van der Waals surface area contributed by atoms with E-state index in [2.05, 4.69) is 0 Å². The molecule has 1 atom stereocenters. The number of carbonyl (C=O) groups excluding carboxylic acids is 1. The Balaban J connectivity index is 1.58. The van der Waals surface area contributed by atoms with Gasteiger partial charge in [-0.25, -0.2) is 22.0 Å². The Labute approximate surface area is 183 Å². The number of nitrogens with zero attached hydrogens (tertiary/aromatic N) is 1. The first kappa shape index (κ1) is 21.2. The van der Waals surface area contributed by atoms with Gasteiger partial charge in [0.1, 0.15) is 15.8 Å². The molecule has 1 unspecified atom stereocenters. The van der Waals surface area contributed by atoms with Gasteiger partial charge in [-0.2, -0.15) is 0 Å².